The maximum absolute atomic E-state index is 4.82. The first-order chi connectivity index (χ1) is 17.3. The van der Waals surface area contributed by atoms with Crippen molar-refractivity contribution >= 4 is 16.7 Å². The monoisotopic (exact) mass is 475 g/mol. The molecule has 0 atom stereocenters. The highest BCUT2D eigenvalue weighted by molar-refractivity contribution is 5.74. The first-order valence-electron chi connectivity index (χ1n) is 14.5. The Hall–Kier alpha value is -2.29. The Morgan fingerprint density at radius 2 is 1.20 bits per heavy atom. The highest BCUT2D eigenvalue weighted by Crippen LogP contribution is 2.20. The largest absolute Gasteiger partial charge is 0.364 e. The van der Waals surface area contributed by atoms with Crippen LogP contribution in [0, 0.1) is 6.92 Å². The van der Waals surface area contributed by atoms with Crippen molar-refractivity contribution in [3.8, 4) is 0 Å². The van der Waals surface area contributed by atoms with E-state index in [1.165, 1.54) is 108 Å². The fraction of sp³-hybridized carbons (Fsp3) is 0.594. The highest BCUT2D eigenvalue weighted by Gasteiger charge is 2.10. The summed E-state index contributed by atoms with van der Waals surface area (Å²) in [6.45, 7) is 6.36. The molecule has 1 N–H and O–H groups in total. The quantitative estimate of drug-likeness (QED) is 0.175. The molecule has 3 nitrogen and oxygen atoms in total. The van der Waals surface area contributed by atoms with Gasteiger partial charge in [-0.3, -0.25) is 0 Å². The Morgan fingerprint density at radius 1 is 0.657 bits per heavy atom. The van der Waals surface area contributed by atoms with E-state index in [0.717, 1.165) is 29.9 Å². The van der Waals surface area contributed by atoms with Crippen molar-refractivity contribution in [2.45, 2.75) is 117 Å². The number of hydrogen-bond acceptors (Lipinski definition) is 2. The van der Waals surface area contributed by atoms with E-state index in [1.807, 2.05) is 0 Å². The van der Waals surface area contributed by atoms with Gasteiger partial charge < -0.3 is 9.88 Å². The standard InChI is InChI=1S/C32H49N3/c1-3-4-5-6-7-8-9-10-11-12-13-14-15-16-19-26-35(29-24-22-28(2)23-25-29)27-32-33-30-20-17-18-21-31(30)34-32/h17-18,20-25H,3-16,19,26-27H2,1-2H3,(H,33,34). The first kappa shape index (κ1) is 27.3. The van der Waals surface area contributed by atoms with Crippen LogP contribution >= 0.6 is 0 Å². The molecule has 0 saturated heterocycles. The Morgan fingerprint density at radius 3 is 1.77 bits per heavy atom. The zero-order valence-electron chi connectivity index (χ0n) is 22.5. The molecule has 0 saturated carbocycles. The molecule has 35 heavy (non-hydrogen) atoms. The minimum Gasteiger partial charge on any atom is -0.364 e. The number of rotatable bonds is 19. The average molecular weight is 476 g/mol. The minimum atomic E-state index is 0.830. The number of nitrogens with one attached hydrogen (secondary N) is 1. The van der Waals surface area contributed by atoms with E-state index in [9.17, 15) is 0 Å². The van der Waals surface area contributed by atoms with E-state index in [0.29, 0.717) is 0 Å². The summed E-state index contributed by atoms with van der Waals surface area (Å²) in [7, 11) is 0. The summed E-state index contributed by atoms with van der Waals surface area (Å²) < 4.78 is 0. The second-order valence-corrected chi connectivity index (χ2v) is 10.4. The number of anilines is 1. The third-order valence-corrected chi connectivity index (χ3v) is 7.21. The van der Waals surface area contributed by atoms with Crippen molar-refractivity contribution in [1.82, 2.24) is 9.97 Å². The van der Waals surface area contributed by atoms with Crippen LogP contribution in [0.4, 0.5) is 5.69 Å². The Labute approximate surface area is 214 Å². The normalized spacial score (nSPS) is 11.4. The number of imidazole rings is 1. The van der Waals surface area contributed by atoms with Crippen molar-refractivity contribution in [2.24, 2.45) is 0 Å². The molecule has 0 spiro atoms. The molecule has 1 aromatic heterocycles. The molecule has 2 aromatic carbocycles. The van der Waals surface area contributed by atoms with E-state index in [2.05, 4.69) is 72.3 Å². The van der Waals surface area contributed by atoms with Gasteiger partial charge in [0, 0.05) is 12.2 Å². The number of para-hydroxylation sites is 2. The van der Waals surface area contributed by atoms with Crippen molar-refractivity contribution in [1.29, 1.82) is 0 Å². The molecule has 3 aromatic rings. The number of H-pyrrole nitrogens is 1. The second-order valence-electron chi connectivity index (χ2n) is 10.4. The lowest BCUT2D eigenvalue weighted by molar-refractivity contribution is 0.531. The fourth-order valence-electron chi connectivity index (χ4n) is 4.99. The maximum atomic E-state index is 4.82. The van der Waals surface area contributed by atoms with Gasteiger partial charge in [0.2, 0.25) is 0 Å². The van der Waals surface area contributed by atoms with Gasteiger partial charge in [0.15, 0.2) is 0 Å². The second kappa shape index (κ2) is 16.4. The van der Waals surface area contributed by atoms with Gasteiger partial charge in [0.05, 0.1) is 17.6 Å². The summed E-state index contributed by atoms with van der Waals surface area (Å²) >= 11 is 0. The van der Waals surface area contributed by atoms with Crippen LogP contribution in [0.5, 0.6) is 0 Å². The summed E-state index contributed by atoms with van der Waals surface area (Å²) in [5.74, 6) is 1.05. The van der Waals surface area contributed by atoms with Crippen molar-refractivity contribution in [3.63, 3.8) is 0 Å². The zero-order chi connectivity index (χ0) is 24.6. The molecular weight excluding hydrogens is 426 g/mol. The number of hydrogen-bond donors (Lipinski definition) is 1. The van der Waals surface area contributed by atoms with Crippen LogP contribution in [0.15, 0.2) is 48.5 Å². The van der Waals surface area contributed by atoms with Crippen molar-refractivity contribution < 1.29 is 0 Å². The number of benzene rings is 2. The van der Waals surface area contributed by atoms with E-state index in [4.69, 9.17) is 4.98 Å². The van der Waals surface area contributed by atoms with Gasteiger partial charge in [0.1, 0.15) is 5.82 Å². The van der Waals surface area contributed by atoms with Crippen LogP contribution in [0.25, 0.3) is 11.0 Å². The number of aromatic amines is 1. The lowest BCUT2D eigenvalue weighted by Gasteiger charge is -2.24. The summed E-state index contributed by atoms with van der Waals surface area (Å²) in [5, 5.41) is 0. The number of aryl methyl sites for hydroxylation is 1. The van der Waals surface area contributed by atoms with Crippen LogP contribution in [0.2, 0.25) is 0 Å². The van der Waals surface area contributed by atoms with E-state index < -0.39 is 0 Å². The van der Waals surface area contributed by atoms with Gasteiger partial charge in [-0.2, -0.15) is 0 Å². The maximum Gasteiger partial charge on any atom is 0.126 e. The Kier molecular flexibility index (Phi) is 12.8. The van der Waals surface area contributed by atoms with Crippen LogP contribution in [0.3, 0.4) is 0 Å². The SMILES string of the molecule is CCCCCCCCCCCCCCCCCN(Cc1nc2ccccc2[nH]1)c1ccc(C)cc1. The average Bonchev–Trinajstić information content (AvgIpc) is 3.29. The molecular formula is C32H49N3. The van der Waals surface area contributed by atoms with Crippen LogP contribution in [0.1, 0.15) is 115 Å². The summed E-state index contributed by atoms with van der Waals surface area (Å²) in [6, 6.07) is 17.3. The van der Waals surface area contributed by atoms with E-state index in [-0.39, 0.29) is 0 Å². The zero-order valence-corrected chi connectivity index (χ0v) is 22.5. The third kappa shape index (κ3) is 10.5. The summed E-state index contributed by atoms with van der Waals surface area (Å²) in [6.07, 6.45) is 21.1. The molecule has 0 amide bonds. The van der Waals surface area contributed by atoms with Gasteiger partial charge in [-0.1, -0.05) is 127 Å². The Bertz CT molecular complexity index is 894. The van der Waals surface area contributed by atoms with Gasteiger partial charge in [0.25, 0.3) is 0 Å². The summed E-state index contributed by atoms with van der Waals surface area (Å²) in [5.41, 5.74) is 4.78. The molecule has 0 unspecified atom stereocenters. The number of unbranched alkanes of at least 4 members (excludes halogenated alkanes) is 14. The van der Waals surface area contributed by atoms with Gasteiger partial charge in [-0.05, 0) is 37.6 Å². The van der Waals surface area contributed by atoms with Gasteiger partial charge in [-0.25, -0.2) is 4.98 Å². The van der Waals surface area contributed by atoms with Gasteiger partial charge in [-0.15, -0.1) is 0 Å². The molecule has 3 heteroatoms. The Balaban J connectivity index is 1.30. The lowest BCUT2D eigenvalue weighted by Crippen LogP contribution is -2.24. The number of aromatic nitrogens is 2. The lowest BCUT2D eigenvalue weighted by atomic mass is 10.0. The number of nitrogens with zero attached hydrogens (tertiary/aromatic N) is 2. The van der Waals surface area contributed by atoms with Crippen molar-refractivity contribution in [3.05, 3.63) is 59.9 Å². The van der Waals surface area contributed by atoms with Crippen LogP contribution in [-0.4, -0.2) is 16.5 Å². The number of fused-ring (bicyclic) bond motifs is 1. The van der Waals surface area contributed by atoms with E-state index >= 15 is 0 Å². The molecule has 0 bridgehead atoms. The highest BCUT2D eigenvalue weighted by atomic mass is 15.2. The van der Waals surface area contributed by atoms with Crippen molar-refractivity contribution in [2.75, 3.05) is 11.4 Å². The summed E-state index contributed by atoms with van der Waals surface area (Å²) in [4.78, 5) is 10.8. The van der Waals surface area contributed by atoms with Crippen LogP contribution in [-0.2, 0) is 6.54 Å². The third-order valence-electron chi connectivity index (χ3n) is 7.21. The first-order valence-corrected chi connectivity index (χ1v) is 14.5. The predicted molar refractivity (Wildman–Crippen MR) is 153 cm³/mol. The molecule has 0 aliphatic carbocycles. The molecule has 192 valence electrons. The van der Waals surface area contributed by atoms with Crippen LogP contribution < -0.4 is 4.90 Å². The molecule has 0 aliphatic heterocycles. The molecule has 0 aliphatic rings. The molecule has 0 fully saturated rings. The molecule has 1 heterocycles. The topological polar surface area (TPSA) is 31.9 Å². The minimum absolute atomic E-state index is 0.830. The van der Waals surface area contributed by atoms with Gasteiger partial charge >= 0.3 is 0 Å². The predicted octanol–water partition coefficient (Wildman–Crippen LogP) is 9.75. The molecule has 3 rings (SSSR count). The fourth-order valence-corrected chi connectivity index (χ4v) is 4.99. The van der Waals surface area contributed by atoms with E-state index in [1.54, 1.807) is 0 Å². The smallest absolute Gasteiger partial charge is 0.126 e. The molecule has 0 radical (unpaired) electrons.